The predicted molar refractivity (Wildman–Crippen MR) is 76.6 cm³/mol. The molecule has 0 atom stereocenters. The van der Waals surface area contributed by atoms with Crippen LogP contribution in [0.25, 0.3) is 0 Å². The number of para-hydroxylation sites is 1. The van der Waals surface area contributed by atoms with E-state index in [2.05, 4.69) is 4.72 Å². The van der Waals surface area contributed by atoms with Crippen LogP contribution in [0.15, 0.2) is 47.4 Å². The quantitative estimate of drug-likeness (QED) is 0.911. The number of anilines is 1. The number of nitrogens with one attached hydrogen (secondary N) is 1. The van der Waals surface area contributed by atoms with Gasteiger partial charge in [-0.2, -0.15) is 0 Å². The first-order chi connectivity index (χ1) is 9.44. The van der Waals surface area contributed by atoms with Crippen LogP contribution in [0.5, 0.6) is 0 Å². The third kappa shape index (κ3) is 3.09. The second kappa shape index (κ2) is 5.78. The highest BCUT2D eigenvalue weighted by molar-refractivity contribution is 7.92. The van der Waals surface area contributed by atoms with Crippen LogP contribution < -0.4 is 10.5 Å². The second-order valence-corrected chi connectivity index (χ2v) is 6.13. The summed E-state index contributed by atoms with van der Waals surface area (Å²) < 4.78 is 39.9. The Kier molecular flexibility index (Phi) is 4.27. The zero-order valence-corrected chi connectivity index (χ0v) is 11.9. The summed E-state index contributed by atoms with van der Waals surface area (Å²) in [5.41, 5.74) is 5.97. The molecule has 0 aromatic heterocycles. The third-order valence-electron chi connectivity index (χ3n) is 2.67. The maximum absolute atomic E-state index is 13.5. The van der Waals surface area contributed by atoms with E-state index < -0.39 is 15.8 Å². The molecule has 3 N–H and O–H groups in total. The minimum Gasteiger partial charge on any atom is -0.326 e. The van der Waals surface area contributed by atoms with E-state index in [1.165, 1.54) is 42.5 Å². The van der Waals surface area contributed by atoms with Crippen LogP contribution in [-0.4, -0.2) is 8.42 Å². The van der Waals surface area contributed by atoms with Gasteiger partial charge < -0.3 is 5.73 Å². The highest BCUT2D eigenvalue weighted by atomic mass is 35.5. The maximum atomic E-state index is 13.5. The molecule has 0 aliphatic heterocycles. The fourth-order valence-electron chi connectivity index (χ4n) is 1.61. The summed E-state index contributed by atoms with van der Waals surface area (Å²) >= 11 is 5.92. The zero-order valence-electron chi connectivity index (χ0n) is 10.3. The van der Waals surface area contributed by atoms with Gasteiger partial charge in [-0.15, -0.1) is 0 Å². The third-order valence-corrected chi connectivity index (χ3v) is 4.39. The van der Waals surface area contributed by atoms with Crippen LogP contribution in [0.1, 0.15) is 5.56 Å². The minimum absolute atomic E-state index is 0.0528. The van der Waals surface area contributed by atoms with Crippen molar-refractivity contribution in [3.8, 4) is 0 Å². The van der Waals surface area contributed by atoms with Crippen molar-refractivity contribution < 1.29 is 12.8 Å². The van der Waals surface area contributed by atoms with E-state index in [0.29, 0.717) is 5.56 Å². The molecule has 0 bridgehead atoms. The summed E-state index contributed by atoms with van der Waals surface area (Å²) in [7, 11) is -3.90. The Morgan fingerprint density at radius 3 is 2.50 bits per heavy atom. The van der Waals surface area contributed by atoms with E-state index in [0.717, 1.165) is 0 Å². The lowest BCUT2D eigenvalue weighted by molar-refractivity contribution is 0.598. The van der Waals surface area contributed by atoms with E-state index >= 15 is 0 Å². The molecular formula is C13H12ClFN2O2S. The molecule has 20 heavy (non-hydrogen) atoms. The first-order valence-corrected chi connectivity index (χ1v) is 7.56. The van der Waals surface area contributed by atoms with Crippen molar-refractivity contribution in [3.63, 3.8) is 0 Å². The molecule has 0 heterocycles. The Morgan fingerprint density at radius 1 is 1.20 bits per heavy atom. The Morgan fingerprint density at radius 2 is 1.90 bits per heavy atom. The van der Waals surface area contributed by atoms with E-state index in [1.54, 1.807) is 0 Å². The van der Waals surface area contributed by atoms with Gasteiger partial charge in [-0.3, -0.25) is 4.72 Å². The van der Waals surface area contributed by atoms with Crippen LogP contribution in [-0.2, 0) is 16.6 Å². The highest BCUT2D eigenvalue weighted by Gasteiger charge is 2.17. The van der Waals surface area contributed by atoms with Crippen molar-refractivity contribution in [1.29, 1.82) is 0 Å². The summed E-state index contributed by atoms with van der Waals surface area (Å²) in [5.74, 6) is -0.652. The van der Waals surface area contributed by atoms with Crippen molar-refractivity contribution in [2.45, 2.75) is 11.4 Å². The Balaban J connectivity index is 2.36. The fraction of sp³-hybridized carbons (Fsp3) is 0.0769. The monoisotopic (exact) mass is 314 g/mol. The topological polar surface area (TPSA) is 72.2 Å². The molecule has 0 saturated carbocycles. The first-order valence-electron chi connectivity index (χ1n) is 5.70. The number of halogens is 2. The molecule has 106 valence electrons. The van der Waals surface area contributed by atoms with Crippen LogP contribution in [0.2, 0.25) is 5.02 Å². The Labute approximate surface area is 121 Å². The molecule has 0 amide bonds. The van der Waals surface area contributed by atoms with Gasteiger partial charge in [-0.05, 0) is 29.8 Å². The van der Waals surface area contributed by atoms with E-state index in [1.807, 2.05) is 0 Å². The van der Waals surface area contributed by atoms with E-state index in [9.17, 15) is 12.8 Å². The minimum atomic E-state index is -3.90. The van der Waals surface area contributed by atoms with Crippen molar-refractivity contribution in [2.75, 3.05) is 4.72 Å². The second-order valence-electron chi connectivity index (χ2n) is 4.04. The maximum Gasteiger partial charge on any atom is 0.262 e. The van der Waals surface area contributed by atoms with Crippen molar-refractivity contribution in [3.05, 3.63) is 58.9 Å². The van der Waals surface area contributed by atoms with Crippen LogP contribution >= 0.6 is 11.6 Å². The van der Waals surface area contributed by atoms with Gasteiger partial charge in [-0.1, -0.05) is 29.8 Å². The van der Waals surface area contributed by atoms with E-state index in [4.69, 9.17) is 17.3 Å². The molecule has 0 unspecified atom stereocenters. The fourth-order valence-corrected chi connectivity index (χ4v) is 3.02. The average molecular weight is 315 g/mol. The largest absolute Gasteiger partial charge is 0.326 e. The van der Waals surface area contributed by atoms with E-state index in [-0.39, 0.29) is 22.2 Å². The number of sulfonamides is 1. The van der Waals surface area contributed by atoms with Crippen LogP contribution in [0.3, 0.4) is 0 Å². The summed E-state index contributed by atoms with van der Waals surface area (Å²) in [6, 6.07) is 9.69. The van der Waals surface area contributed by atoms with Gasteiger partial charge in [-0.25, -0.2) is 12.8 Å². The normalized spacial score (nSPS) is 11.3. The molecule has 0 fully saturated rings. The Hall–Kier alpha value is -1.63. The number of nitrogens with two attached hydrogens (primary N) is 1. The molecule has 4 nitrogen and oxygen atoms in total. The van der Waals surface area contributed by atoms with Gasteiger partial charge in [0, 0.05) is 11.6 Å². The van der Waals surface area contributed by atoms with Gasteiger partial charge in [0.05, 0.1) is 10.6 Å². The molecule has 0 aliphatic rings. The SMILES string of the molecule is NCc1ccc(S(=O)(=O)Nc2ccccc2F)cc1Cl. The summed E-state index contributed by atoms with van der Waals surface area (Å²) in [6.07, 6.45) is 0. The molecular weight excluding hydrogens is 303 g/mol. The molecule has 0 aliphatic carbocycles. The number of benzene rings is 2. The lowest BCUT2D eigenvalue weighted by atomic mass is 10.2. The molecule has 7 heteroatoms. The zero-order chi connectivity index (χ0) is 14.8. The van der Waals surface area contributed by atoms with Crippen molar-refractivity contribution >= 4 is 27.3 Å². The molecule has 2 rings (SSSR count). The molecule has 0 spiro atoms. The number of hydrogen-bond donors (Lipinski definition) is 2. The van der Waals surface area contributed by atoms with Gasteiger partial charge >= 0.3 is 0 Å². The summed E-state index contributed by atoms with van der Waals surface area (Å²) in [6.45, 7) is 0.208. The van der Waals surface area contributed by atoms with Gasteiger partial charge in [0.1, 0.15) is 5.82 Å². The highest BCUT2D eigenvalue weighted by Crippen LogP contribution is 2.23. The molecule has 0 radical (unpaired) electrons. The first kappa shape index (κ1) is 14.8. The standard InChI is InChI=1S/C13H12ClFN2O2S/c14-11-7-10(6-5-9(11)8-16)20(18,19)17-13-4-2-1-3-12(13)15/h1-7,17H,8,16H2. The number of rotatable bonds is 4. The number of hydrogen-bond acceptors (Lipinski definition) is 3. The molecule has 0 saturated heterocycles. The van der Waals surface area contributed by atoms with Gasteiger partial charge in [0.25, 0.3) is 10.0 Å². The van der Waals surface area contributed by atoms with Crippen LogP contribution in [0.4, 0.5) is 10.1 Å². The molecule has 2 aromatic carbocycles. The lowest BCUT2D eigenvalue weighted by Gasteiger charge is -2.10. The Bertz CT molecular complexity index is 735. The van der Waals surface area contributed by atoms with Crippen molar-refractivity contribution in [2.24, 2.45) is 5.73 Å². The molecule has 2 aromatic rings. The van der Waals surface area contributed by atoms with Crippen LogP contribution in [0, 0.1) is 5.82 Å². The summed E-state index contributed by atoms with van der Waals surface area (Å²) in [5, 5.41) is 0.254. The average Bonchev–Trinajstić information content (AvgIpc) is 2.41. The van der Waals surface area contributed by atoms with Crippen molar-refractivity contribution in [1.82, 2.24) is 0 Å². The van der Waals surface area contributed by atoms with Gasteiger partial charge in [0.15, 0.2) is 0 Å². The smallest absolute Gasteiger partial charge is 0.262 e. The summed E-state index contributed by atoms with van der Waals surface area (Å²) in [4.78, 5) is -0.0528. The predicted octanol–water partition coefficient (Wildman–Crippen LogP) is 2.74. The van der Waals surface area contributed by atoms with Gasteiger partial charge in [0.2, 0.25) is 0 Å². The lowest BCUT2D eigenvalue weighted by Crippen LogP contribution is -2.14.